The van der Waals surface area contributed by atoms with Crippen LogP contribution >= 0.6 is 0 Å². The summed E-state index contributed by atoms with van der Waals surface area (Å²) in [6.07, 6.45) is 2.78. The van der Waals surface area contributed by atoms with E-state index in [4.69, 9.17) is 9.47 Å². The molecule has 0 bridgehead atoms. The molecule has 1 fully saturated rings. The van der Waals surface area contributed by atoms with Gasteiger partial charge in [0.2, 0.25) is 0 Å². The number of ketones is 1. The van der Waals surface area contributed by atoms with Gasteiger partial charge in [0.25, 0.3) is 0 Å². The number of hydrogen-bond acceptors (Lipinski definition) is 4. The van der Waals surface area contributed by atoms with Crippen LogP contribution in [-0.4, -0.2) is 32.1 Å². The summed E-state index contributed by atoms with van der Waals surface area (Å²) in [5.41, 5.74) is 0.965. The van der Waals surface area contributed by atoms with Crippen molar-refractivity contribution in [2.45, 2.75) is 32.3 Å². The molecule has 4 nitrogen and oxygen atoms in total. The van der Waals surface area contributed by atoms with Gasteiger partial charge in [-0.3, -0.25) is 4.79 Å². The number of carbonyl (C=O) groups excluding carboxylic acids is 1. The number of ether oxygens (including phenoxy) is 2. The molecular weight excluding hydrogens is 242 g/mol. The third-order valence-corrected chi connectivity index (χ3v) is 3.23. The third-order valence-electron chi connectivity index (χ3n) is 3.23. The largest absolute Gasteiger partial charge is 0.493 e. The maximum Gasteiger partial charge on any atom is 0.161 e. The third kappa shape index (κ3) is 3.96. The van der Waals surface area contributed by atoms with Gasteiger partial charge in [-0.25, -0.2) is 0 Å². The molecule has 0 amide bonds. The maximum atomic E-state index is 11.2. The molecule has 1 aliphatic heterocycles. The maximum absolute atomic E-state index is 11.2. The highest BCUT2D eigenvalue weighted by molar-refractivity contribution is 5.78. The smallest absolute Gasteiger partial charge is 0.161 e. The molecule has 1 atom stereocenters. The van der Waals surface area contributed by atoms with Crippen LogP contribution in [0.3, 0.4) is 0 Å². The van der Waals surface area contributed by atoms with Crippen molar-refractivity contribution >= 4 is 5.78 Å². The Hall–Kier alpha value is -1.55. The number of nitrogens with one attached hydrogen (secondary N) is 1. The number of hydrogen-bond donors (Lipinski definition) is 1. The summed E-state index contributed by atoms with van der Waals surface area (Å²) in [4.78, 5) is 11.2. The van der Waals surface area contributed by atoms with E-state index in [1.165, 1.54) is 0 Å². The van der Waals surface area contributed by atoms with Gasteiger partial charge in [0.05, 0.1) is 7.11 Å². The first-order valence-corrected chi connectivity index (χ1v) is 6.73. The Bertz CT molecular complexity index is 439. The van der Waals surface area contributed by atoms with Crippen LogP contribution in [0.5, 0.6) is 11.5 Å². The first kappa shape index (κ1) is 13.9. The zero-order valence-electron chi connectivity index (χ0n) is 11.6. The lowest BCUT2D eigenvalue weighted by molar-refractivity contribution is -0.116. The monoisotopic (exact) mass is 263 g/mol. The Morgan fingerprint density at radius 3 is 2.89 bits per heavy atom. The topological polar surface area (TPSA) is 47.6 Å². The van der Waals surface area contributed by atoms with Gasteiger partial charge in [-0.1, -0.05) is 6.07 Å². The van der Waals surface area contributed by atoms with Crippen LogP contribution in [0.2, 0.25) is 0 Å². The standard InChI is InChI=1S/C15H21NO3/c1-11(17)8-12-5-6-14(18-2)15(9-12)19-13-4-3-7-16-10-13/h5-6,9,13,16H,3-4,7-8,10H2,1-2H3. The van der Waals surface area contributed by atoms with E-state index in [1.807, 2.05) is 18.2 Å². The minimum absolute atomic E-state index is 0.149. The van der Waals surface area contributed by atoms with E-state index in [0.717, 1.165) is 43.0 Å². The van der Waals surface area contributed by atoms with Crippen LogP contribution in [0.4, 0.5) is 0 Å². The number of Topliss-reactive ketones (excluding diaryl/α,β-unsaturated/α-hetero) is 1. The van der Waals surface area contributed by atoms with E-state index in [2.05, 4.69) is 5.32 Å². The summed E-state index contributed by atoms with van der Waals surface area (Å²) < 4.78 is 11.3. The SMILES string of the molecule is COc1ccc(CC(C)=O)cc1OC1CCCNC1. The zero-order chi connectivity index (χ0) is 13.7. The summed E-state index contributed by atoms with van der Waals surface area (Å²) >= 11 is 0. The van der Waals surface area contributed by atoms with Crippen molar-refractivity contribution < 1.29 is 14.3 Å². The van der Waals surface area contributed by atoms with Crippen LogP contribution in [-0.2, 0) is 11.2 Å². The highest BCUT2D eigenvalue weighted by Crippen LogP contribution is 2.30. The van der Waals surface area contributed by atoms with Crippen molar-refractivity contribution in [3.05, 3.63) is 23.8 Å². The Labute approximate surface area is 114 Å². The summed E-state index contributed by atoms with van der Waals surface area (Å²) in [6, 6.07) is 5.69. The van der Waals surface area contributed by atoms with E-state index in [1.54, 1.807) is 14.0 Å². The Kier molecular flexibility index (Phi) is 4.80. The molecule has 1 unspecified atom stereocenters. The zero-order valence-corrected chi connectivity index (χ0v) is 11.6. The van der Waals surface area contributed by atoms with Crippen LogP contribution in [0.1, 0.15) is 25.3 Å². The molecule has 0 saturated carbocycles. The van der Waals surface area contributed by atoms with Crippen molar-refractivity contribution in [1.29, 1.82) is 0 Å². The van der Waals surface area contributed by atoms with Crippen molar-refractivity contribution in [1.82, 2.24) is 5.32 Å². The Morgan fingerprint density at radius 2 is 2.26 bits per heavy atom. The molecular formula is C15H21NO3. The Balaban J connectivity index is 2.12. The van der Waals surface area contributed by atoms with Gasteiger partial charge < -0.3 is 14.8 Å². The summed E-state index contributed by atoms with van der Waals surface area (Å²) in [5.74, 6) is 1.60. The van der Waals surface area contributed by atoms with Crippen LogP contribution in [0.15, 0.2) is 18.2 Å². The van der Waals surface area contributed by atoms with Crippen LogP contribution in [0.25, 0.3) is 0 Å². The molecule has 4 heteroatoms. The fourth-order valence-corrected chi connectivity index (χ4v) is 2.31. The number of methoxy groups -OCH3 is 1. The first-order chi connectivity index (χ1) is 9.19. The fourth-order valence-electron chi connectivity index (χ4n) is 2.31. The summed E-state index contributed by atoms with van der Waals surface area (Å²) in [6.45, 7) is 3.51. The lowest BCUT2D eigenvalue weighted by atomic mass is 10.1. The molecule has 1 aliphatic rings. The highest BCUT2D eigenvalue weighted by Gasteiger charge is 2.17. The minimum Gasteiger partial charge on any atom is -0.493 e. The van der Waals surface area contributed by atoms with E-state index in [0.29, 0.717) is 6.42 Å². The molecule has 1 N–H and O–H groups in total. The van der Waals surface area contributed by atoms with Gasteiger partial charge in [-0.2, -0.15) is 0 Å². The van der Waals surface area contributed by atoms with Gasteiger partial charge >= 0.3 is 0 Å². The van der Waals surface area contributed by atoms with Crippen molar-refractivity contribution in [3.63, 3.8) is 0 Å². The normalized spacial score (nSPS) is 18.9. The lowest BCUT2D eigenvalue weighted by Gasteiger charge is -2.25. The molecule has 2 rings (SSSR count). The van der Waals surface area contributed by atoms with Crippen LogP contribution < -0.4 is 14.8 Å². The highest BCUT2D eigenvalue weighted by atomic mass is 16.5. The molecule has 1 saturated heterocycles. The second kappa shape index (κ2) is 6.57. The molecule has 1 aromatic rings. The minimum atomic E-state index is 0.149. The molecule has 1 heterocycles. The van der Waals surface area contributed by atoms with Gasteiger partial charge in [-0.05, 0) is 44.0 Å². The second-order valence-electron chi connectivity index (χ2n) is 4.95. The van der Waals surface area contributed by atoms with Gasteiger partial charge in [0.15, 0.2) is 11.5 Å². The molecule has 1 aromatic carbocycles. The molecule has 0 spiro atoms. The van der Waals surface area contributed by atoms with E-state index in [-0.39, 0.29) is 11.9 Å². The van der Waals surface area contributed by atoms with Gasteiger partial charge in [0, 0.05) is 13.0 Å². The predicted octanol–water partition coefficient (Wildman–Crippen LogP) is 1.96. The van der Waals surface area contributed by atoms with Crippen molar-refractivity contribution in [2.24, 2.45) is 0 Å². The molecule has 0 aliphatic carbocycles. The molecule has 104 valence electrons. The van der Waals surface area contributed by atoms with E-state index < -0.39 is 0 Å². The summed E-state index contributed by atoms with van der Waals surface area (Å²) in [7, 11) is 1.63. The number of rotatable bonds is 5. The van der Waals surface area contributed by atoms with Crippen molar-refractivity contribution in [3.8, 4) is 11.5 Å². The summed E-state index contributed by atoms with van der Waals surface area (Å²) in [5, 5.41) is 3.32. The fraction of sp³-hybridized carbons (Fsp3) is 0.533. The van der Waals surface area contributed by atoms with Gasteiger partial charge in [0.1, 0.15) is 11.9 Å². The van der Waals surface area contributed by atoms with Crippen molar-refractivity contribution in [2.75, 3.05) is 20.2 Å². The van der Waals surface area contributed by atoms with Gasteiger partial charge in [-0.15, -0.1) is 0 Å². The first-order valence-electron chi connectivity index (χ1n) is 6.73. The van der Waals surface area contributed by atoms with Crippen LogP contribution in [0, 0.1) is 0 Å². The quantitative estimate of drug-likeness (QED) is 0.882. The number of carbonyl (C=O) groups is 1. The molecule has 19 heavy (non-hydrogen) atoms. The predicted molar refractivity (Wildman–Crippen MR) is 73.9 cm³/mol. The lowest BCUT2D eigenvalue weighted by Crippen LogP contribution is -2.37. The number of benzene rings is 1. The molecule has 0 aromatic heterocycles. The second-order valence-corrected chi connectivity index (χ2v) is 4.95. The van der Waals surface area contributed by atoms with E-state index in [9.17, 15) is 4.79 Å². The average molecular weight is 263 g/mol. The number of piperidine rings is 1. The molecule has 0 radical (unpaired) electrons. The van der Waals surface area contributed by atoms with E-state index >= 15 is 0 Å². The Morgan fingerprint density at radius 1 is 1.42 bits per heavy atom. The average Bonchev–Trinajstić information content (AvgIpc) is 2.39.